The van der Waals surface area contributed by atoms with Crippen molar-refractivity contribution in [1.29, 1.82) is 0 Å². The summed E-state index contributed by atoms with van der Waals surface area (Å²) in [5.74, 6) is 0. The van der Waals surface area contributed by atoms with E-state index >= 15 is 0 Å². The van der Waals surface area contributed by atoms with Crippen LogP contribution >= 0.6 is 0 Å². The molecule has 4 N–H and O–H groups in total. The molecule has 0 atom stereocenters. The van der Waals surface area contributed by atoms with Crippen molar-refractivity contribution in [3.63, 3.8) is 0 Å². The Bertz CT molecular complexity index is 231. The van der Waals surface area contributed by atoms with Crippen LogP contribution in [0.5, 0.6) is 0 Å². The molecule has 0 spiro atoms. The number of hydrogen-bond acceptors (Lipinski definition) is 2. The van der Waals surface area contributed by atoms with Crippen LogP contribution in [0.3, 0.4) is 0 Å². The lowest BCUT2D eigenvalue weighted by Crippen LogP contribution is -1.97. The molecule has 1 aromatic carbocycles. The molecule has 0 aliphatic carbocycles. The monoisotopic (exact) mass is 135 g/mol. The molecule has 0 aliphatic heterocycles. The maximum Gasteiger partial charge on any atom is 0.0346 e. The van der Waals surface area contributed by atoms with Crippen molar-refractivity contribution in [2.45, 2.75) is 6.54 Å². The van der Waals surface area contributed by atoms with Crippen LogP contribution in [0.2, 0.25) is 0 Å². The zero-order valence-corrected chi connectivity index (χ0v) is 5.80. The first-order valence-corrected chi connectivity index (χ1v) is 3.14. The van der Waals surface area contributed by atoms with Gasteiger partial charge in [-0.3, -0.25) is 0 Å². The minimum Gasteiger partial charge on any atom is -0.399 e. The van der Waals surface area contributed by atoms with Crippen LogP contribution in [0.25, 0.3) is 0 Å². The minimum atomic E-state index is 0.544. The van der Waals surface area contributed by atoms with Crippen molar-refractivity contribution in [2.75, 3.05) is 5.73 Å². The molecule has 1 aromatic rings. The molecule has 0 amide bonds. The summed E-state index contributed by atoms with van der Waals surface area (Å²) in [6.45, 7) is 4.29. The van der Waals surface area contributed by atoms with E-state index in [-0.39, 0.29) is 0 Å². The van der Waals surface area contributed by atoms with Crippen LogP contribution in [0.4, 0.5) is 5.69 Å². The first-order chi connectivity index (χ1) is 4.74. The lowest BCUT2D eigenvalue weighted by atomic mass is 10.1. The average Bonchev–Trinajstić information content (AvgIpc) is 1.95. The lowest BCUT2D eigenvalue weighted by Gasteiger charge is -2.00. The van der Waals surface area contributed by atoms with Gasteiger partial charge in [-0.05, 0) is 24.1 Å². The second-order valence-corrected chi connectivity index (χ2v) is 2.24. The molecular formula is C8H11N2. The summed E-state index contributed by atoms with van der Waals surface area (Å²) in [7, 11) is 0. The van der Waals surface area contributed by atoms with E-state index in [9.17, 15) is 0 Å². The van der Waals surface area contributed by atoms with Crippen LogP contribution in [0.15, 0.2) is 18.2 Å². The Morgan fingerprint density at radius 3 is 2.60 bits per heavy atom. The topological polar surface area (TPSA) is 52.0 Å². The number of anilines is 1. The van der Waals surface area contributed by atoms with Crippen LogP contribution in [0.1, 0.15) is 11.1 Å². The maximum absolute atomic E-state index is 5.54. The molecule has 2 heteroatoms. The smallest absolute Gasteiger partial charge is 0.0346 e. The molecule has 0 bridgehead atoms. The van der Waals surface area contributed by atoms with Gasteiger partial charge < -0.3 is 11.5 Å². The first kappa shape index (κ1) is 7.09. The van der Waals surface area contributed by atoms with Gasteiger partial charge in [-0.15, -0.1) is 0 Å². The van der Waals surface area contributed by atoms with Crippen molar-refractivity contribution in [1.82, 2.24) is 0 Å². The van der Waals surface area contributed by atoms with Crippen molar-refractivity contribution >= 4 is 5.69 Å². The van der Waals surface area contributed by atoms with E-state index in [1.807, 2.05) is 18.2 Å². The minimum absolute atomic E-state index is 0.544. The third-order valence-electron chi connectivity index (χ3n) is 1.44. The highest BCUT2D eigenvalue weighted by molar-refractivity contribution is 5.50. The highest BCUT2D eigenvalue weighted by Gasteiger charge is 1.93. The molecule has 1 rings (SSSR count). The van der Waals surface area contributed by atoms with Gasteiger partial charge in [-0.1, -0.05) is 12.1 Å². The Balaban J connectivity index is 3.04. The number of rotatable bonds is 1. The van der Waals surface area contributed by atoms with E-state index in [1.165, 1.54) is 0 Å². The molecule has 0 fully saturated rings. The largest absolute Gasteiger partial charge is 0.399 e. The van der Waals surface area contributed by atoms with Gasteiger partial charge >= 0.3 is 0 Å². The summed E-state index contributed by atoms with van der Waals surface area (Å²) in [5.41, 5.74) is 13.6. The molecule has 2 nitrogen and oxygen atoms in total. The highest BCUT2D eigenvalue weighted by atomic mass is 14.6. The number of nitrogen functional groups attached to an aromatic ring is 1. The molecule has 0 heterocycles. The summed E-state index contributed by atoms with van der Waals surface area (Å²) in [6, 6.07) is 5.63. The van der Waals surface area contributed by atoms with Crippen molar-refractivity contribution < 1.29 is 0 Å². The molecule has 0 aromatic heterocycles. The third-order valence-corrected chi connectivity index (χ3v) is 1.44. The fourth-order valence-electron chi connectivity index (χ4n) is 0.786. The van der Waals surface area contributed by atoms with E-state index in [0.29, 0.717) is 6.54 Å². The second-order valence-electron chi connectivity index (χ2n) is 2.24. The Labute approximate surface area is 60.8 Å². The summed E-state index contributed by atoms with van der Waals surface area (Å²) in [4.78, 5) is 0. The van der Waals surface area contributed by atoms with Gasteiger partial charge in [-0.2, -0.15) is 0 Å². The Hall–Kier alpha value is -1.02. The van der Waals surface area contributed by atoms with Crippen LogP contribution in [0, 0.1) is 6.92 Å². The van der Waals surface area contributed by atoms with Gasteiger partial charge in [0.25, 0.3) is 0 Å². The average molecular weight is 135 g/mol. The summed E-state index contributed by atoms with van der Waals surface area (Å²) < 4.78 is 0. The predicted octanol–water partition coefficient (Wildman–Crippen LogP) is 0.910. The zero-order chi connectivity index (χ0) is 7.56. The molecule has 10 heavy (non-hydrogen) atoms. The first-order valence-electron chi connectivity index (χ1n) is 3.14. The molecule has 0 saturated carbocycles. The van der Waals surface area contributed by atoms with Crippen LogP contribution < -0.4 is 11.5 Å². The van der Waals surface area contributed by atoms with Crippen molar-refractivity contribution in [3.05, 3.63) is 36.2 Å². The van der Waals surface area contributed by atoms with E-state index in [4.69, 9.17) is 11.5 Å². The van der Waals surface area contributed by atoms with E-state index in [0.717, 1.165) is 16.8 Å². The molecule has 53 valence electrons. The van der Waals surface area contributed by atoms with E-state index < -0.39 is 0 Å². The van der Waals surface area contributed by atoms with Crippen molar-refractivity contribution in [2.24, 2.45) is 5.73 Å². The highest BCUT2D eigenvalue weighted by Crippen LogP contribution is 2.11. The van der Waals surface area contributed by atoms with Gasteiger partial charge in [0.1, 0.15) is 0 Å². The maximum atomic E-state index is 5.54. The number of hydrogen-bond donors (Lipinski definition) is 2. The molecular weight excluding hydrogens is 124 g/mol. The third kappa shape index (κ3) is 1.28. The van der Waals surface area contributed by atoms with E-state index in [2.05, 4.69) is 6.92 Å². The fourth-order valence-corrected chi connectivity index (χ4v) is 0.786. The quantitative estimate of drug-likeness (QED) is 0.562. The molecule has 0 unspecified atom stereocenters. The normalized spacial score (nSPS) is 9.80. The van der Waals surface area contributed by atoms with Gasteiger partial charge in [-0.25, -0.2) is 0 Å². The Morgan fingerprint density at radius 2 is 2.10 bits per heavy atom. The predicted molar refractivity (Wildman–Crippen MR) is 43.2 cm³/mol. The van der Waals surface area contributed by atoms with Gasteiger partial charge in [0.15, 0.2) is 0 Å². The number of benzene rings is 1. The van der Waals surface area contributed by atoms with Crippen LogP contribution in [-0.4, -0.2) is 0 Å². The van der Waals surface area contributed by atoms with Gasteiger partial charge in [0, 0.05) is 12.2 Å². The lowest BCUT2D eigenvalue weighted by molar-refractivity contribution is 1.07. The Morgan fingerprint density at radius 1 is 1.40 bits per heavy atom. The standard InChI is InChI=1S/C8H11N2/c1-6-4-7(5-9)2-3-8(6)10/h2-4H,1,5,9-10H2. The van der Waals surface area contributed by atoms with Crippen molar-refractivity contribution in [3.8, 4) is 0 Å². The number of nitrogens with two attached hydrogens (primary N) is 2. The fraction of sp³-hybridized carbons (Fsp3) is 0.125. The van der Waals surface area contributed by atoms with Gasteiger partial charge in [0.05, 0.1) is 0 Å². The summed E-state index contributed by atoms with van der Waals surface area (Å²) >= 11 is 0. The SMILES string of the molecule is [CH2]c1cc(CN)ccc1N. The second kappa shape index (κ2) is 2.71. The zero-order valence-electron chi connectivity index (χ0n) is 5.80. The molecule has 0 saturated heterocycles. The summed E-state index contributed by atoms with van der Waals surface area (Å²) in [5, 5.41) is 0. The molecule has 1 radical (unpaired) electrons. The van der Waals surface area contributed by atoms with Gasteiger partial charge in [0.2, 0.25) is 0 Å². The van der Waals surface area contributed by atoms with E-state index in [1.54, 1.807) is 0 Å². The Kier molecular flexibility index (Phi) is 1.92. The molecule has 0 aliphatic rings. The summed E-state index contributed by atoms with van der Waals surface area (Å²) in [6.07, 6.45) is 0. The van der Waals surface area contributed by atoms with Crippen LogP contribution in [-0.2, 0) is 6.54 Å².